The highest BCUT2D eigenvalue weighted by Crippen LogP contribution is 2.24. The van der Waals surface area contributed by atoms with Crippen molar-refractivity contribution in [3.05, 3.63) is 47.7 Å². The summed E-state index contributed by atoms with van der Waals surface area (Å²) in [6.07, 6.45) is 1.58. The monoisotopic (exact) mass is 329 g/mol. The van der Waals surface area contributed by atoms with E-state index in [2.05, 4.69) is 15.0 Å². The Morgan fingerprint density at radius 3 is 2.75 bits per heavy atom. The third-order valence-electron chi connectivity index (χ3n) is 3.26. The van der Waals surface area contributed by atoms with E-state index in [1.807, 2.05) is 19.1 Å². The van der Waals surface area contributed by atoms with Crippen molar-refractivity contribution in [3.8, 4) is 5.75 Å². The fourth-order valence-corrected chi connectivity index (χ4v) is 2.04. The molecule has 0 radical (unpaired) electrons. The molecule has 0 saturated heterocycles. The quantitative estimate of drug-likeness (QED) is 0.786. The van der Waals surface area contributed by atoms with Gasteiger partial charge in [-0.3, -0.25) is 9.59 Å². The van der Waals surface area contributed by atoms with Crippen molar-refractivity contribution in [2.24, 2.45) is 0 Å². The van der Waals surface area contributed by atoms with Gasteiger partial charge in [0, 0.05) is 24.4 Å². The van der Waals surface area contributed by atoms with Crippen molar-refractivity contribution in [1.82, 2.24) is 4.98 Å². The van der Waals surface area contributed by atoms with Gasteiger partial charge in [-0.25, -0.2) is 4.98 Å². The number of aryl methyl sites for hydroxylation is 1. The molecule has 0 unspecified atom stereocenters. The van der Waals surface area contributed by atoms with Crippen LogP contribution in [0.3, 0.4) is 0 Å². The van der Waals surface area contributed by atoms with Crippen LogP contribution >= 0.6 is 0 Å². The number of nitrogens with two attached hydrogens (primary N) is 1. The van der Waals surface area contributed by atoms with Crippen LogP contribution in [0.5, 0.6) is 5.75 Å². The van der Waals surface area contributed by atoms with Crippen LogP contribution in [-0.4, -0.2) is 23.5 Å². The van der Waals surface area contributed by atoms with Crippen LogP contribution < -0.4 is 15.8 Å². The van der Waals surface area contributed by atoms with Crippen molar-refractivity contribution in [2.75, 3.05) is 17.7 Å². The second-order valence-electron chi connectivity index (χ2n) is 5.10. The summed E-state index contributed by atoms with van der Waals surface area (Å²) in [4.78, 5) is 26.6. The van der Waals surface area contributed by atoms with Crippen LogP contribution in [0.4, 0.5) is 11.5 Å². The summed E-state index contributed by atoms with van der Waals surface area (Å²) in [5, 5.41) is 2.71. The first-order valence-electron chi connectivity index (χ1n) is 7.32. The molecule has 24 heavy (non-hydrogen) atoms. The molecule has 1 aromatic carbocycles. The molecule has 0 bridgehead atoms. The number of nitrogens with zero attached hydrogens (tertiary/aromatic N) is 1. The summed E-state index contributed by atoms with van der Waals surface area (Å²) in [6.45, 7) is 3.04. The molecular formula is C17H19N3O4. The maximum atomic E-state index is 11.8. The molecule has 0 saturated carbocycles. The number of pyridine rings is 1. The van der Waals surface area contributed by atoms with Gasteiger partial charge in [-0.05, 0) is 30.7 Å². The Labute approximate surface area is 139 Å². The zero-order chi connectivity index (χ0) is 17.5. The van der Waals surface area contributed by atoms with E-state index >= 15 is 0 Å². The molecule has 0 fully saturated rings. The molecule has 1 aromatic heterocycles. The van der Waals surface area contributed by atoms with E-state index in [0.29, 0.717) is 17.3 Å². The first-order valence-corrected chi connectivity index (χ1v) is 7.32. The fraction of sp³-hybridized carbons (Fsp3) is 0.235. The van der Waals surface area contributed by atoms with Gasteiger partial charge < -0.3 is 20.5 Å². The normalized spacial score (nSPS) is 10.1. The highest BCUT2D eigenvalue weighted by atomic mass is 16.5. The van der Waals surface area contributed by atoms with E-state index in [4.69, 9.17) is 10.5 Å². The molecule has 126 valence electrons. The molecule has 7 heteroatoms. The topological polar surface area (TPSA) is 104 Å². The van der Waals surface area contributed by atoms with E-state index in [-0.39, 0.29) is 13.2 Å². The highest BCUT2D eigenvalue weighted by Gasteiger charge is 2.11. The number of hydrogen-bond acceptors (Lipinski definition) is 6. The Bertz CT molecular complexity index is 746. The Morgan fingerprint density at radius 1 is 1.25 bits per heavy atom. The zero-order valence-corrected chi connectivity index (χ0v) is 13.5. The van der Waals surface area contributed by atoms with Gasteiger partial charge in [-0.1, -0.05) is 12.1 Å². The predicted molar refractivity (Wildman–Crippen MR) is 89.4 cm³/mol. The number of carbonyl (C=O) groups excluding carboxylic acids is 2. The number of nitrogens with one attached hydrogen (secondary N) is 1. The Morgan fingerprint density at radius 2 is 2.04 bits per heavy atom. The van der Waals surface area contributed by atoms with Crippen molar-refractivity contribution >= 4 is 23.4 Å². The van der Waals surface area contributed by atoms with Crippen LogP contribution in [0.1, 0.15) is 18.1 Å². The molecule has 0 aliphatic carbocycles. The number of hydrogen-bond donors (Lipinski definition) is 2. The lowest BCUT2D eigenvalue weighted by atomic mass is 10.1. The second-order valence-corrected chi connectivity index (χ2v) is 5.10. The average Bonchev–Trinajstić information content (AvgIpc) is 2.54. The van der Waals surface area contributed by atoms with Crippen LogP contribution in [0, 0.1) is 6.92 Å². The van der Waals surface area contributed by atoms with Gasteiger partial charge in [0.05, 0.1) is 0 Å². The van der Waals surface area contributed by atoms with E-state index < -0.39 is 11.9 Å². The molecule has 2 aromatic rings. The molecule has 0 aliphatic heterocycles. The highest BCUT2D eigenvalue weighted by molar-refractivity contribution is 5.93. The number of rotatable bonds is 6. The summed E-state index contributed by atoms with van der Waals surface area (Å²) < 4.78 is 10.4. The molecule has 3 N–H and O–H groups in total. The van der Waals surface area contributed by atoms with Crippen molar-refractivity contribution in [1.29, 1.82) is 0 Å². The number of carbonyl (C=O) groups is 2. The van der Waals surface area contributed by atoms with E-state index in [0.717, 1.165) is 11.1 Å². The molecule has 1 amide bonds. The lowest BCUT2D eigenvalue weighted by Gasteiger charge is -2.15. The lowest BCUT2D eigenvalue weighted by molar-refractivity contribution is -0.144. The average molecular weight is 329 g/mol. The standard InChI is InChI=1S/C17H19N3O4/c1-11-5-3-6-14(20-16(22)10-23-12(2)21)13(11)9-24-15-7-4-8-19-17(15)18/h3-8H,9-10H2,1-2H3,(H2,18,19)(H,20,22). The number of nitrogen functional groups attached to an aromatic ring is 1. The third kappa shape index (κ3) is 4.70. The number of amides is 1. The summed E-state index contributed by atoms with van der Waals surface area (Å²) in [6, 6.07) is 8.93. The maximum Gasteiger partial charge on any atom is 0.303 e. The number of anilines is 2. The largest absolute Gasteiger partial charge is 0.485 e. The van der Waals surface area contributed by atoms with Crippen molar-refractivity contribution in [3.63, 3.8) is 0 Å². The Kier molecular flexibility index (Phi) is 5.73. The molecule has 2 rings (SSSR count). The van der Waals surface area contributed by atoms with Crippen LogP contribution in [0.15, 0.2) is 36.5 Å². The first-order chi connectivity index (χ1) is 11.5. The van der Waals surface area contributed by atoms with Gasteiger partial charge in [0.1, 0.15) is 6.61 Å². The summed E-state index contributed by atoms with van der Waals surface area (Å²) in [5.41, 5.74) is 8.10. The zero-order valence-electron chi connectivity index (χ0n) is 13.5. The number of esters is 1. The van der Waals surface area contributed by atoms with Crippen LogP contribution in [0.25, 0.3) is 0 Å². The molecule has 1 heterocycles. The SMILES string of the molecule is CC(=O)OCC(=O)Nc1cccc(C)c1COc1cccnc1N. The van der Waals surface area contributed by atoms with Crippen LogP contribution in [-0.2, 0) is 20.9 Å². The Balaban J connectivity index is 2.10. The summed E-state index contributed by atoms with van der Waals surface area (Å²) in [7, 11) is 0. The minimum Gasteiger partial charge on any atom is -0.485 e. The van der Waals surface area contributed by atoms with Gasteiger partial charge in [0.25, 0.3) is 5.91 Å². The molecule has 0 aliphatic rings. The van der Waals surface area contributed by atoms with Gasteiger partial charge in [-0.2, -0.15) is 0 Å². The smallest absolute Gasteiger partial charge is 0.303 e. The van der Waals surface area contributed by atoms with Crippen molar-refractivity contribution in [2.45, 2.75) is 20.5 Å². The van der Waals surface area contributed by atoms with Gasteiger partial charge in [0.2, 0.25) is 0 Å². The van der Waals surface area contributed by atoms with E-state index in [1.54, 1.807) is 24.4 Å². The minimum absolute atomic E-state index is 0.214. The lowest BCUT2D eigenvalue weighted by Crippen LogP contribution is -2.21. The maximum absolute atomic E-state index is 11.8. The van der Waals surface area contributed by atoms with Gasteiger partial charge >= 0.3 is 5.97 Å². The van der Waals surface area contributed by atoms with E-state index in [1.165, 1.54) is 6.92 Å². The molecule has 0 spiro atoms. The van der Waals surface area contributed by atoms with E-state index in [9.17, 15) is 9.59 Å². The van der Waals surface area contributed by atoms with Gasteiger partial charge in [-0.15, -0.1) is 0 Å². The summed E-state index contributed by atoms with van der Waals surface area (Å²) >= 11 is 0. The fourth-order valence-electron chi connectivity index (χ4n) is 2.04. The minimum atomic E-state index is -0.509. The number of aromatic nitrogens is 1. The second kappa shape index (κ2) is 7.96. The Hall–Kier alpha value is -3.09. The first kappa shape index (κ1) is 17.3. The molecule has 7 nitrogen and oxygen atoms in total. The molecular weight excluding hydrogens is 310 g/mol. The molecule has 0 atom stereocenters. The predicted octanol–water partition coefficient (Wildman–Crippen LogP) is 2.05. The summed E-state index contributed by atoms with van der Waals surface area (Å²) in [5.74, 6) is -0.160. The third-order valence-corrected chi connectivity index (χ3v) is 3.26. The number of benzene rings is 1. The van der Waals surface area contributed by atoms with Gasteiger partial charge in [0.15, 0.2) is 18.2 Å². The van der Waals surface area contributed by atoms with Crippen molar-refractivity contribution < 1.29 is 19.1 Å². The van der Waals surface area contributed by atoms with Crippen LogP contribution in [0.2, 0.25) is 0 Å². The number of ether oxygens (including phenoxy) is 2.